The number of imidazole rings is 1. The molecule has 0 amide bonds. The van der Waals surface area contributed by atoms with Gasteiger partial charge in [-0.3, -0.25) is 4.57 Å². The van der Waals surface area contributed by atoms with Gasteiger partial charge in [0.15, 0.2) is 0 Å². The molecule has 0 spiro atoms. The van der Waals surface area contributed by atoms with Crippen LogP contribution in [0.5, 0.6) is 0 Å². The number of nitrogens with zero attached hydrogens (tertiary/aromatic N) is 5. The van der Waals surface area contributed by atoms with Crippen LogP contribution in [0.1, 0.15) is 12.8 Å². The molecule has 2 rings (SSSR count). The lowest BCUT2D eigenvalue weighted by Gasteiger charge is -2.06. The van der Waals surface area contributed by atoms with E-state index in [9.17, 15) is 0 Å². The SMILES string of the molecule is C#CCCCNc1nc(Cl)nc(-n2ccnc2)n1. The quantitative estimate of drug-likeness (QED) is 0.654. The van der Waals surface area contributed by atoms with Gasteiger partial charge in [-0.25, -0.2) is 4.98 Å². The molecule has 6 nitrogen and oxygen atoms in total. The van der Waals surface area contributed by atoms with Crippen molar-refractivity contribution < 1.29 is 0 Å². The van der Waals surface area contributed by atoms with Gasteiger partial charge < -0.3 is 5.32 Å². The molecule has 0 unspecified atom stereocenters. The summed E-state index contributed by atoms with van der Waals surface area (Å²) in [5.74, 6) is 3.42. The monoisotopic (exact) mass is 262 g/mol. The first-order chi connectivity index (χ1) is 8.79. The molecule has 7 heteroatoms. The third-order valence-electron chi connectivity index (χ3n) is 2.11. The Hall–Kier alpha value is -2.13. The van der Waals surface area contributed by atoms with Crippen molar-refractivity contribution in [3.8, 4) is 18.3 Å². The highest BCUT2D eigenvalue weighted by Gasteiger charge is 2.05. The summed E-state index contributed by atoms with van der Waals surface area (Å²) in [7, 11) is 0. The molecule has 2 heterocycles. The summed E-state index contributed by atoms with van der Waals surface area (Å²) in [6.07, 6.45) is 11.7. The number of unbranched alkanes of at least 4 members (excludes halogenated alkanes) is 1. The van der Waals surface area contributed by atoms with Gasteiger partial charge in [-0.05, 0) is 18.0 Å². The Morgan fingerprint density at radius 2 is 2.28 bits per heavy atom. The maximum Gasteiger partial charge on any atom is 0.241 e. The van der Waals surface area contributed by atoms with E-state index in [1.165, 1.54) is 0 Å². The lowest BCUT2D eigenvalue weighted by atomic mass is 10.3. The smallest absolute Gasteiger partial charge is 0.241 e. The minimum Gasteiger partial charge on any atom is -0.354 e. The van der Waals surface area contributed by atoms with E-state index in [0.29, 0.717) is 24.9 Å². The van der Waals surface area contributed by atoms with E-state index in [0.717, 1.165) is 6.42 Å². The zero-order valence-electron chi connectivity index (χ0n) is 9.54. The zero-order chi connectivity index (χ0) is 12.8. The van der Waals surface area contributed by atoms with Gasteiger partial charge in [-0.15, -0.1) is 12.3 Å². The van der Waals surface area contributed by atoms with Crippen molar-refractivity contribution in [3.63, 3.8) is 0 Å². The largest absolute Gasteiger partial charge is 0.354 e. The molecule has 2 aromatic rings. The van der Waals surface area contributed by atoms with Gasteiger partial charge in [0, 0.05) is 25.4 Å². The molecule has 0 aromatic carbocycles. The van der Waals surface area contributed by atoms with Crippen LogP contribution in [0, 0.1) is 12.3 Å². The predicted molar refractivity (Wildman–Crippen MR) is 68.5 cm³/mol. The third-order valence-corrected chi connectivity index (χ3v) is 2.28. The molecule has 1 N–H and O–H groups in total. The minimum atomic E-state index is 0.133. The molecule has 0 bridgehead atoms. The van der Waals surface area contributed by atoms with E-state index in [1.807, 2.05) is 0 Å². The van der Waals surface area contributed by atoms with Crippen LogP contribution in [-0.4, -0.2) is 31.0 Å². The second-order valence-corrected chi connectivity index (χ2v) is 3.77. The summed E-state index contributed by atoms with van der Waals surface area (Å²) in [6.45, 7) is 0.688. The van der Waals surface area contributed by atoms with Crippen molar-refractivity contribution in [1.29, 1.82) is 0 Å². The molecule has 0 aliphatic heterocycles. The van der Waals surface area contributed by atoms with Crippen molar-refractivity contribution in [2.75, 3.05) is 11.9 Å². The number of terminal acetylenes is 1. The van der Waals surface area contributed by atoms with Crippen molar-refractivity contribution in [2.24, 2.45) is 0 Å². The molecule has 92 valence electrons. The Labute approximate surface area is 109 Å². The Morgan fingerprint density at radius 3 is 3.00 bits per heavy atom. The summed E-state index contributed by atoms with van der Waals surface area (Å²) in [4.78, 5) is 16.2. The van der Waals surface area contributed by atoms with Gasteiger partial charge in [0.2, 0.25) is 17.2 Å². The molecule has 0 aliphatic carbocycles. The molecule has 18 heavy (non-hydrogen) atoms. The Balaban J connectivity index is 2.10. The first-order valence-corrected chi connectivity index (χ1v) is 5.74. The second-order valence-electron chi connectivity index (χ2n) is 3.43. The van der Waals surface area contributed by atoms with Gasteiger partial charge in [0.25, 0.3) is 0 Å². The molecule has 0 atom stereocenters. The van der Waals surface area contributed by atoms with Crippen molar-refractivity contribution in [2.45, 2.75) is 12.8 Å². The number of hydrogen-bond donors (Lipinski definition) is 1. The molecule has 0 fully saturated rings. The highest BCUT2D eigenvalue weighted by atomic mass is 35.5. The van der Waals surface area contributed by atoms with Crippen molar-refractivity contribution >= 4 is 17.5 Å². The van der Waals surface area contributed by atoms with Crippen LogP contribution >= 0.6 is 11.6 Å². The van der Waals surface area contributed by atoms with E-state index in [2.05, 4.69) is 31.2 Å². The zero-order valence-corrected chi connectivity index (χ0v) is 10.3. The lowest BCUT2D eigenvalue weighted by Crippen LogP contribution is -2.09. The van der Waals surface area contributed by atoms with Crippen LogP contribution < -0.4 is 5.32 Å². The normalized spacial score (nSPS) is 10.0. The Morgan fingerprint density at radius 1 is 1.39 bits per heavy atom. The molecular weight excluding hydrogens is 252 g/mol. The summed E-state index contributed by atoms with van der Waals surface area (Å²) in [6, 6.07) is 0. The van der Waals surface area contributed by atoms with Crippen LogP contribution in [0.4, 0.5) is 5.95 Å². The average Bonchev–Trinajstić information content (AvgIpc) is 2.88. The highest BCUT2D eigenvalue weighted by Crippen LogP contribution is 2.09. The summed E-state index contributed by atoms with van der Waals surface area (Å²) in [5.41, 5.74) is 0. The van der Waals surface area contributed by atoms with Gasteiger partial charge in [-0.1, -0.05) is 0 Å². The van der Waals surface area contributed by atoms with Gasteiger partial charge >= 0.3 is 0 Å². The molecule has 2 aromatic heterocycles. The fourth-order valence-electron chi connectivity index (χ4n) is 1.30. The maximum absolute atomic E-state index is 5.84. The fourth-order valence-corrected chi connectivity index (χ4v) is 1.46. The number of halogens is 1. The second kappa shape index (κ2) is 5.98. The molecule has 0 saturated heterocycles. The van der Waals surface area contributed by atoms with Gasteiger partial charge in [0.1, 0.15) is 6.33 Å². The standard InChI is InChI=1S/C11H11ClN6/c1-2-3-4-5-14-10-15-9(12)16-11(17-10)18-7-6-13-8-18/h1,6-8H,3-5H2,(H,14,15,16,17). The topological polar surface area (TPSA) is 68.5 Å². The van der Waals surface area contributed by atoms with E-state index < -0.39 is 0 Å². The number of aromatic nitrogens is 5. The van der Waals surface area contributed by atoms with Crippen LogP contribution in [0.2, 0.25) is 5.28 Å². The Kier molecular flexibility index (Phi) is 4.10. The summed E-state index contributed by atoms with van der Waals surface area (Å²) >= 11 is 5.84. The van der Waals surface area contributed by atoms with E-state index in [1.54, 1.807) is 23.3 Å². The lowest BCUT2D eigenvalue weighted by molar-refractivity contribution is 0.861. The minimum absolute atomic E-state index is 0.133. The first-order valence-electron chi connectivity index (χ1n) is 5.37. The van der Waals surface area contributed by atoms with Crippen molar-refractivity contribution in [1.82, 2.24) is 24.5 Å². The number of nitrogens with one attached hydrogen (secondary N) is 1. The molecular formula is C11H11ClN6. The van der Waals surface area contributed by atoms with E-state index in [-0.39, 0.29) is 5.28 Å². The highest BCUT2D eigenvalue weighted by molar-refractivity contribution is 6.28. The van der Waals surface area contributed by atoms with Crippen LogP contribution in [0.25, 0.3) is 5.95 Å². The first kappa shape index (κ1) is 12.3. The fraction of sp³-hybridized carbons (Fsp3) is 0.273. The average molecular weight is 263 g/mol. The molecule has 0 aliphatic rings. The van der Waals surface area contributed by atoms with E-state index in [4.69, 9.17) is 18.0 Å². The third kappa shape index (κ3) is 3.18. The Bertz CT molecular complexity index is 545. The molecule has 0 radical (unpaired) electrons. The van der Waals surface area contributed by atoms with Gasteiger partial charge in [0.05, 0.1) is 0 Å². The van der Waals surface area contributed by atoms with Crippen LogP contribution in [0.3, 0.4) is 0 Å². The molecule has 0 saturated carbocycles. The maximum atomic E-state index is 5.84. The predicted octanol–water partition coefficient (Wildman–Crippen LogP) is 1.54. The van der Waals surface area contributed by atoms with Crippen LogP contribution in [0.15, 0.2) is 18.7 Å². The van der Waals surface area contributed by atoms with Gasteiger partial charge in [-0.2, -0.15) is 15.0 Å². The van der Waals surface area contributed by atoms with Crippen LogP contribution in [-0.2, 0) is 0 Å². The van der Waals surface area contributed by atoms with Crippen molar-refractivity contribution in [3.05, 3.63) is 24.0 Å². The number of anilines is 1. The summed E-state index contributed by atoms with van der Waals surface area (Å²) < 4.78 is 1.65. The summed E-state index contributed by atoms with van der Waals surface area (Å²) in [5, 5.41) is 3.18. The number of hydrogen-bond acceptors (Lipinski definition) is 5. The number of rotatable bonds is 5. The van der Waals surface area contributed by atoms with E-state index >= 15 is 0 Å².